The zero-order valence-electron chi connectivity index (χ0n) is 13.4. The van der Waals surface area contributed by atoms with Crippen LogP contribution in [0.15, 0.2) is 55.6 Å². The molecular formula is C18H26ClN3O. The van der Waals surface area contributed by atoms with Gasteiger partial charge in [-0.15, -0.1) is 25.6 Å². The third-order valence-electron chi connectivity index (χ3n) is 4.08. The van der Waals surface area contributed by atoms with E-state index in [2.05, 4.69) is 30.2 Å². The number of likely N-dealkylation sites (tertiary alicyclic amines) is 1. The number of hydrogen-bond acceptors (Lipinski definition) is 3. The number of carbonyl (C=O) groups is 1. The lowest BCUT2D eigenvalue weighted by molar-refractivity contribution is -0.131. The van der Waals surface area contributed by atoms with Crippen molar-refractivity contribution in [3.8, 4) is 0 Å². The lowest BCUT2D eigenvalue weighted by atomic mass is 9.95. The first-order valence-electron chi connectivity index (χ1n) is 7.68. The van der Waals surface area contributed by atoms with Gasteiger partial charge < -0.3 is 10.6 Å². The number of carbonyl (C=O) groups excluding carboxylic acids is 1. The van der Waals surface area contributed by atoms with E-state index in [1.54, 1.807) is 17.1 Å². The van der Waals surface area contributed by atoms with Crippen LogP contribution in [-0.4, -0.2) is 54.5 Å². The maximum absolute atomic E-state index is 12.4. The molecule has 126 valence electrons. The molecular weight excluding hydrogens is 310 g/mol. The van der Waals surface area contributed by atoms with E-state index in [0.717, 1.165) is 13.1 Å². The zero-order valence-corrected chi connectivity index (χ0v) is 14.3. The third-order valence-corrected chi connectivity index (χ3v) is 4.08. The van der Waals surface area contributed by atoms with Crippen LogP contribution in [0.4, 0.5) is 0 Å². The monoisotopic (exact) mass is 335 g/mol. The summed E-state index contributed by atoms with van der Waals surface area (Å²) in [7, 11) is 0. The van der Waals surface area contributed by atoms with E-state index in [1.165, 1.54) is 5.56 Å². The first-order valence-corrected chi connectivity index (χ1v) is 7.68. The molecule has 2 rings (SSSR count). The number of benzene rings is 1. The molecule has 0 bridgehead atoms. The Morgan fingerprint density at radius 2 is 1.83 bits per heavy atom. The summed E-state index contributed by atoms with van der Waals surface area (Å²) in [4.78, 5) is 16.3. The van der Waals surface area contributed by atoms with Crippen LogP contribution in [0, 0.1) is 0 Å². The highest BCUT2D eigenvalue weighted by atomic mass is 35.5. The summed E-state index contributed by atoms with van der Waals surface area (Å²) in [5.41, 5.74) is 7.52. The molecule has 0 unspecified atom stereocenters. The quantitative estimate of drug-likeness (QED) is 0.776. The first-order chi connectivity index (χ1) is 10.7. The van der Waals surface area contributed by atoms with E-state index in [9.17, 15) is 4.79 Å². The van der Waals surface area contributed by atoms with Gasteiger partial charge in [-0.1, -0.05) is 42.5 Å². The fraction of sp³-hybridized carbons (Fsp3) is 0.389. The van der Waals surface area contributed by atoms with Crippen molar-refractivity contribution in [3.63, 3.8) is 0 Å². The second-order valence-corrected chi connectivity index (χ2v) is 5.75. The standard InChI is InChI=1S/C18H25N3O.ClH/c1-3-10-21(11-4-2)18(22)14-20-12-16(17(19)13-20)15-8-6-5-7-9-15;/h3-9,16-17H,1-2,10-14,19H2;1H/t16-,17+;/m0./s1. The van der Waals surface area contributed by atoms with E-state index in [-0.39, 0.29) is 24.4 Å². The van der Waals surface area contributed by atoms with E-state index in [1.807, 2.05) is 18.2 Å². The molecule has 23 heavy (non-hydrogen) atoms. The fourth-order valence-electron chi connectivity index (χ4n) is 2.98. The number of hydrogen-bond donors (Lipinski definition) is 1. The van der Waals surface area contributed by atoms with Gasteiger partial charge in [0.15, 0.2) is 0 Å². The van der Waals surface area contributed by atoms with Gasteiger partial charge in [-0.05, 0) is 5.56 Å². The fourth-order valence-corrected chi connectivity index (χ4v) is 2.98. The molecule has 2 N–H and O–H groups in total. The molecule has 1 saturated heterocycles. The molecule has 4 nitrogen and oxygen atoms in total. The molecule has 1 amide bonds. The van der Waals surface area contributed by atoms with Gasteiger partial charge in [0, 0.05) is 38.1 Å². The summed E-state index contributed by atoms with van der Waals surface area (Å²) < 4.78 is 0. The smallest absolute Gasteiger partial charge is 0.237 e. The van der Waals surface area contributed by atoms with Crippen molar-refractivity contribution >= 4 is 18.3 Å². The van der Waals surface area contributed by atoms with Crippen LogP contribution >= 0.6 is 12.4 Å². The van der Waals surface area contributed by atoms with Crippen molar-refractivity contribution in [2.24, 2.45) is 5.73 Å². The Morgan fingerprint density at radius 3 is 2.39 bits per heavy atom. The van der Waals surface area contributed by atoms with E-state index < -0.39 is 0 Å². The summed E-state index contributed by atoms with van der Waals surface area (Å²) >= 11 is 0. The molecule has 1 aliphatic rings. The topological polar surface area (TPSA) is 49.6 Å². The lowest BCUT2D eigenvalue weighted by Gasteiger charge is -2.23. The average molecular weight is 336 g/mol. The van der Waals surface area contributed by atoms with Gasteiger partial charge in [-0.2, -0.15) is 0 Å². The van der Waals surface area contributed by atoms with Gasteiger partial charge in [-0.25, -0.2) is 0 Å². The molecule has 1 fully saturated rings. The lowest BCUT2D eigenvalue weighted by Crippen LogP contribution is -2.40. The van der Waals surface area contributed by atoms with Crippen molar-refractivity contribution < 1.29 is 4.79 Å². The normalized spacial score (nSPS) is 20.6. The van der Waals surface area contributed by atoms with Crippen LogP contribution in [-0.2, 0) is 4.79 Å². The number of nitrogens with zero attached hydrogens (tertiary/aromatic N) is 2. The van der Waals surface area contributed by atoms with Gasteiger partial charge in [0.1, 0.15) is 0 Å². The molecule has 1 aromatic carbocycles. The highest BCUT2D eigenvalue weighted by Gasteiger charge is 2.32. The molecule has 5 heteroatoms. The van der Waals surface area contributed by atoms with Gasteiger partial charge in [0.2, 0.25) is 5.91 Å². The van der Waals surface area contributed by atoms with Crippen LogP contribution in [0.5, 0.6) is 0 Å². The Balaban J connectivity index is 0.00000264. The summed E-state index contributed by atoms with van der Waals surface area (Å²) in [6.45, 7) is 10.5. The second kappa shape index (κ2) is 9.50. The third kappa shape index (κ3) is 5.20. The van der Waals surface area contributed by atoms with Gasteiger partial charge in [-0.3, -0.25) is 9.69 Å². The van der Waals surface area contributed by atoms with Gasteiger partial charge in [0.05, 0.1) is 6.54 Å². The summed E-state index contributed by atoms with van der Waals surface area (Å²) in [6, 6.07) is 10.4. The van der Waals surface area contributed by atoms with Crippen LogP contribution < -0.4 is 5.73 Å². The maximum atomic E-state index is 12.4. The molecule has 0 saturated carbocycles. The van der Waals surface area contributed by atoms with Crippen molar-refractivity contribution in [1.82, 2.24) is 9.80 Å². The molecule has 2 atom stereocenters. The molecule has 0 radical (unpaired) electrons. The van der Waals surface area contributed by atoms with Crippen LogP contribution in [0.3, 0.4) is 0 Å². The Labute approximate surface area is 145 Å². The summed E-state index contributed by atoms with van der Waals surface area (Å²) in [6.07, 6.45) is 3.48. The summed E-state index contributed by atoms with van der Waals surface area (Å²) in [5.74, 6) is 0.391. The summed E-state index contributed by atoms with van der Waals surface area (Å²) in [5, 5.41) is 0. The zero-order chi connectivity index (χ0) is 15.9. The first kappa shape index (κ1) is 19.4. The number of halogens is 1. The largest absolute Gasteiger partial charge is 0.334 e. The van der Waals surface area contributed by atoms with Crippen LogP contribution in [0.2, 0.25) is 0 Å². The Morgan fingerprint density at radius 1 is 1.22 bits per heavy atom. The molecule has 0 spiro atoms. The van der Waals surface area contributed by atoms with Crippen molar-refractivity contribution in [1.29, 1.82) is 0 Å². The minimum absolute atomic E-state index is 0. The highest BCUT2D eigenvalue weighted by Crippen LogP contribution is 2.26. The molecule has 0 aromatic heterocycles. The number of rotatable bonds is 7. The Hall–Kier alpha value is -1.62. The van der Waals surface area contributed by atoms with Crippen molar-refractivity contribution in [3.05, 3.63) is 61.2 Å². The predicted molar refractivity (Wildman–Crippen MR) is 97.8 cm³/mol. The molecule has 1 aliphatic heterocycles. The van der Waals surface area contributed by atoms with Gasteiger partial charge in [0.25, 0.3) is 0 Å². The number of amides is 1. The Kier molecular flexibility index (Phi) is 8.03. The van der Waals surface area contributed by atoms with Crippen LogP contribution in [0.1, 0.15) is 11.5 Å². The molecule has 0 aliphatic carbocycles. The van der Waals surface area contributed by atoms with Crippen LogP contribution in [0.25, 0.3) is 0 Å². The second-order valence-electron chi connectivity index (χ2n) is 5.75. The van der Waals surface area contributed by atoms with E-state index in [4.69, 9.17) is 5.73 Å². The highest BCUT2D eigenvalue weighted by molar-refractivity contribution is 5.85. The van der Waals surface area contributed by atoms with E-state index >= 15 is 0 Å². The average Bonchev–Trinajstić information content (AvgIpc) is 2.88. The molecule has 1 aromatic rings. The van der Waals surface area contributed by atoms with Crippen molar-refractivity contribution in [2.75, 3.05) is 32.7 Å². The SMILES string of the molecule is C=CCN(CC=C)C(=O)CN1C[C@@H](N)[C@H](c2ccccc2)C1.Cl. The minimum Gasteiger partial charge on any atom is -0.334 e. The van der Waals surface area contributed by atoms with E-state index in [0.29, 0.717) is 25.6 Å². The predicted octanol–water partition coefficient (Wildman–Crippen LogP) is 2.04. The van der Waals surface area contributed by atoms with Crippen molar-refractivity contribution in [2.45, 2.75) is 12.0 Å². The molecule has 1 heterocycles. The minimum atomic E-state index is 0. The Bertz CT molecular complexity index is 510. The number of nitrogens with two attached hydrogens (primary N) is 1. The van der Waals surface area contributed by atoms with Gasteiger partial charge >= 0.3 is 0 Å². The maximum Gasteiger partial charge on any atom is 0.237 e.